The standard InChI is InChI=1S/C13H20F3N/c1-6-9(3)11(5)12(17-7-2)8-10(4)13(14,15)16/h7-9,11H,2,6H2,1,3-5H3/b10-8+,17-12+. The smallest absolute Gasteiger partial charge is 0.262 e. The Balaban J connectivity index is 5.15. The molecule has 4 heteroatoms. The van der Waals surface area contributed by atoms with E-state index in [0.717, 1.165) is 19.4 Å². The Morgan fingerprint density at radius 1 is 1.35 bits per heavy atom. The number of allylic oxidation sites excluding steroid dienone is 2. The van der Waals surface area contributed by atoms with E-state index in [1.54, 1.807) is 0 Å². The minimum atomic E-state index is -4.29. The van der Waals surface area contributed by atoms with Gasteiger partial charge >= 0.3 is 6.18 Å². The fourth-order valence-electron chi connectivity index (χ4n) is 1.34. The first-order valence-corrected chi connectivity index (χ1v) is 5.68. The molecule has 2 atom stereocenters. The molecule has 0 saturated carbocycles. The molecule has 2 unspecified atom stereocenters. The van der Waals surface area contributed by atoms with E-state index in [2.05, 4.69) is 11.6 Å². The zero-order chi connectivity index (χ0) is 13.6. The summed E-state index contributed by atoms with van der Waals surface area (Å²) in [4.78, 5) is 3.95. The molecular formula is C13H20F3N. The van der Waals surface area contributed by atoms with Crippen molar-refractivity contribution in [3.63, 3.8) is 0 Å². The van der Waals surface area contributed by atoms with E-state index in [9.17, 15) is 13.2 Å². The van der Waals surface area contributed by atoms with Gasteiger partial charge in [-0.05, 0) is 18.9 Å². The summed E-state index contributed by atoms with van der Waals surface area (Å²) in [7, 11) is 0. The van der Waals surface area contributed by atoms with E-state index in [1.165, 1.54) is 6.20 Å². The molecule has 0 bridgehead atoms. The molecule has 0 aromatic heterocycles. The van der Waals surface area contributed by atoms with Crippen molar-refractivity contribution in [2.24, 2.45) is 16.8 Å². The first kappa shape index (κ1) is 15.9. The van der Waals surface area contributed by atoms with Crippen LogP contribution in [-0.4, -0.2) is 11.9 Å². The van der Waals surface area contributed by atoms with E-state index >= 15 is 0 Å². The van der Waals surface area contributed by atoms with Crippen LogP contribution in [0, 0.1) is 11.8 Å². The molecule has 1 nitrogen and oxygen atoms in total. The van der Waals surface area contributed by atoms with Crippen LogP contribution in [-0.2, 0) is 0 Å². The first-order valence-electron chi connectivity index (χ1n) is 5.68. The third-order valence-electron chi connectivity index (χ3n) is 3.02. The lowest BCUT2D eigenvalue weighted by molar-refractivity contribution is -0.0912. The predicted molar refractivity (Wildman–Crippen MR) is 66.1 cm³/mol. The van der Waals surface area contributed by atoms with Gasteiger partial charge in [-0.1, -0.05) is 33.8 Å². The number of aliphatic imine (C=N–C) groups is 1. The molecule has 0 aromatic rings. The van der Waals surface area contributed by atoms with E-state index in [4.69, 9.17) is 0 Å². The number of nitrogens with zero attached hydrogens (tertiary/aromatic N) is 1. The summed E-state index contributed by atoms with van der Waals surface area (Å²) < 4.78 is 37.3. The van der Waals surface area contributed by atoms with Crippen LogP contribution in [0.25, 0.3) is 0 Å². The molecule has 0 saturated heterocycles. The van der Waals surface area contributed by atoms with Gasteiger partial charge in [0, 0.05) is 23.4 Å². The number of rotatable bonds is 5. The monoisotopic (exact) mass is 247 g/mol. The second-order valence-corrected chi connectivity index (χ2v) is 4.24. The summed E-state index contributed by atoms with van der Waals surface area (Å²) in [5.74, 6) is 0.265. The molecule has 0 rings (SSSR count). The Morgan fingerprint density at radius 3 is 2.24 bits per heavy atom. The second kappa shape index (κ2) is 6.62. The van der Waals surface area contributed by atoms with Crippen molar-refractivity contribution < 1.29 is 13.2 Å². The normalized spacial score (nSPS) is 17.8. The van der Waals surface area contributed by atoms with Crippen LogP contribution in [0.3, 0.4) is 0 Å². The third-order valence-corrected chi connectivity index (χ3v) is 3.02. The van der Waals surface area contributed by atoms with Gasteiger partial charge in [0.15, 0.2) is 0 Å². The molecule has 0 aliphatic rings. The first-order chi connectivity index (χ1) is 7.73. The third kappa shape index (κ3) is 5.20. The van der Waals surface area contributed by atoms with Crippen LogP contribution in [0.2, 0.25) is 0 Å². The molecule has 0 amide bonds. The van der Waals surface area contributed by atoms with Gasteiger partial charge in [-0.3, -0.25) is 4.99 Å². The van der Waals surface area contributed by atoms with Crippen molar-refractivity contribution in [2.45, 2.75) is 40.3 Å². The second-order valence-electron chi connectivity index (χ2n) is 4.24. The summed E-state index contributed by atoms with van der Waals surface area (Å²) in [5, 5.41) is 0. The van der Waals surface area contributed by atoms with Crippen LogP contribution in [0.5, 0.6) is 0 Å². The summed E-state index contributed by atoms with van der Waals surface area (Å²) in [6.07, 6.45) is -1.000. The predicted octanol–water partition coefficient (Wildman–Crippen LogP) is 4.76. The van der Waals surface area contributed by atoms with Crippen LogP contribution in [0.4, 0.5) is 13.2 Å². The van der Waals surface area contributed by atoms with Crippen LogP contribution >= 0.6 is 0 Å². The van der Waals surface area contributed by atoms with Crippen LogP contribution < -0.4 is 0 Å². The maximum atomic E-state index is 12.4. The minimum absolute atomic E-state index is 0.0182. The average molecular weight is 247 g/mol. The molecule has 98 valence electrons. The molecule has 0 N–H and O–H groups in total. The van der Waals surface area contributed by atoms with Crippen molar-refractivity contribution in [3.05, 3.63) is 24.4 Å². The molecule has 0 radical (unpaired) electrons. The average Bonchev–Trinajstić information content (AvgIpc) is 2.25. The van der Waals surface area contributed by atoms with Gasteiger partial charge in [0.05, 0.1) is 0 Å². The Bertz CT molecular complexity index is 313. The van der Waals surface area contributed by atoms with Crippen molar-refractivity contribution >= 4 is 5.71 Å². The highest BCUT2D eigenvalue weighted by Gasteiger charge is 2.30. The summed E-state index contributed by atoms with van der Waals surface area (Å²) in [6.45, 7) is 10.4. The molecule has 0 aliphatic carbocycles. The van der Waals surface area contributed by atoms with E-state index < -0.39 is 11.7 Å². The Hall–Kier alpha value is -1.06. The van der Waals surface area contributed by atoms with Gasteiger partial charge in [-0.15, -0.1) is 0 Å². The lowest BCUT2D eigenvalue weighted by Gasteiger charge is -2.19. The van der Waals surface area contributed by atoms with Gasteiger partial charge < -0.3 is 0 Å². The summed E-state index contributed by atoms with van der Waals surface area (Å²) in [6, 6.07) is 0. The van der Waals surface area contributed by atoms with E-state index in [-0.39, 0.29) is 11.8 Å². The molecular weight excluding hydrogens is 227 g/mol. The Morgan fingerprint density at radius 2 is 1.88 bits per heavy atom. The molecule has 17 heavy (non-hydrogen) atoms. The number of alkyl halides is 3. The van der Waals surface area contributed by atoms with Gasteiger partial charge in [0.1, 0.15) is 0 Å². The molecule has 0 aliphatic heterocycles. The van der Waals surface area contributed by atoms with E-state index in [0.29, 0.717) is 5.71 Å². The number of hydrogen-bond acceptors (Lipinski definition) is 1. The van der Waals surface area contributed by atoms with Crippen molar-refractivity contribution in [1.29, 1.82) is 0 Å². The Kier molecular flexibility index (Phi) is 6.21. The SMILES string of the molecule is C=C/N=C(\C=C(/C)C(F)(F)F)C(C)C(C)CC. The molecule has 0 aromatic carbocycles. The van der Waals surface area contributed by atoms with Gasteiger partial charge in [0.25, 0.3) is 0 Å². The zero-order valence-corrected chi connectivity index (χ0v) is 10.8. The van der Waals surface area contributed by atoms with Crippen molar-refractivity contribution in [1.82, 2.24) is 0 Å². The fraction of sp³-hybridized carbons (Fsp3) is 0.615. The zero-order valence-electron chi connectivity index (χ0n) is 10.8. The molecule has 0 fully saturated rings. The highest BCUT2D eigenvalue weighted by Crippen LogP contribution is 2.26. The van der Waals surface area contributed by atoms with Gasteiger partial charge in [-0.2, -0.15) is 13.2 Å². The number of halogens is 3. The van der Waals surface area contributed by atoms with Gasteiger partial charge in [0.2, 0.25) is 0 Å². The minimum Gasteiger partial charge on any atom is -0.262 e. The summed E-state index contributed by atoms with van der Waals surface area (Å²) in [5.41, 5.74) is -0.197. The van der Waals surface area contributed by atoms with Crippen LogP contribution in [0.1, 0.15) is 34.1 Å². The maximum absolute atomic E-state index is 12.4. The summed E-state index contributed by atoms with van der Waals surface area (Å²) >= 11 is 0. The van der Waals surface area contributed by atoms with E-state index in [1.807, 2.05) is 20.8 Å². The molecule has 0 heterocycles. The fourth-order valence-corrected chi connectivity index (χ4v) is 1.34. The Labute approximate surface area is 101 Å². The quantitative estimate of drug-likeness (QED) is 0.621. The van der Waals surface area contributed by atoms with Crippen molar-refractivity contribution in [2.75, 3.05) is 0 Å². The lowest BCUT2D eigenvalue weighted by atomic mass is 9.88. The molecule has 0 spiro atoms. The van der Waals surface area contributed by atoms with Crippen molar-refractivity contribution in [3.8, 4) is 0 Å². The highest BCUT2D eigenvalue weighted by molar-refractivity contribution is 5.97. The van der Waals surface area contributed by atoms with Gasteiger partial charge in [-0.25, -0.2) is 0 Å². The topological polar surface area (TPSA) is 12.4 Å². The lowest BCUT2D eigenvalue weighted by Crippen LogP contribution is -2.19. The number of hydrogen-bond donors (Lipinski definition) is 0. The maximum Gasteiger partial charge on any atom is 0.412 e. The van der Waals surface area contributed by atoms with Crippen LogP contribution in [0.15, 0.2) is 29.4 Å². The largest absolute Gasteiger partial charge is 0.412 e. The highest BCUT2D eigenvalue weighted by atomic mass is 19.4.